The number of carboxylic acids is 1. The zero-order chi connectivity index (χ0) is 14.5. The van der Waals surface area contributed by atoms with Gasteiger partial charge in [0.2, 0.25) is 0 Å². The highest BCUT2D eigenvalue weighted by Crippen LogP contribution is 2.22. The third-order valence-electron chi connectivity index (χ3n) is 3.04. The number of carboxylic acid groups (broad SMARTS) is 1. The van der Waals surface area contributed by atoms with Crippen LogP contribution in [0.5, 0.6) is 5.75 Å². The molecule has 2 amide bonds. The lowest BCUT2D eigenvalue weighted by atomic mass is 10.1. The van der Waals surface area contributed by atoms with Crippen LogP contribution in [0, 0.1) is 0 Å². The minimum atomic E-state index is -1.21. The minimum Gasteiger partial charge on any atom is -0.507 e. The molecular formula is C13H16N2O4S. The molecule has 20 heavy (non-hydrogen) atoms. The Morgan fingerprint density at radius 3 is 2.55 bits per heavy atom. The van der Waals surface area contributed by atoms with E-state index < -0.39 is 5.97 Å². The first-order chi connectivity index (χ1) is 9.56. The van der Waals surface area contributed by atoms with E-state index >= 15 is 0 Å². The summed E-state index contributed by atoms with van der Waals surface area (Å²) in [7, 11) is 0. The van der Waals surface area contributed by atoms with Crippen LogP contribution in [-0.2, 0) is 0 Å². The second kappa shape index (κ2) is 6.51. The molecule has 1 aliphatic rings. The third kappa shape index (κ3) is 3.80. The Morgan fingerprint density at radius 2 is 1.95 bits per heavy atom. The van der Waals surface area contributed by atoms with Crippen molar-refractivity contribution in [3.8, 4) is 5.75 Å². The summed E-state index contributed by atoms with van der Waals surface area (Å²) in [6.45, 7) is 0. The maximum atomic E-state index is 11.8. The fourth-order valence-electron chi connectivity index (χ4n) is 1.98. The van der Waals surface area contributed by atoms with Crippen LogP contribution in [0.15, 0.2) is 18.2 Å². The molecule has 0 spiro atoms. The predicted octanol–water partition coefficient (Wildman–Crippen LogP) is 2.11. The van der Waals surface area contributed by atoms with Gasteiger partial charge in [0.15, 0.2) is 0 Å². The molecule has 1 fully saturated rings. The number of benzene rings is 1. The van der Waals surface area contributed by atoms with Gasteiger partial charge in [-0.05, 0) is 36.5 Å². The number of amides is 2. The van der Waals surface area contributed by atoms with Crippen LogP contribution in [0.4, 0.5) is 10.5 Å². The smallest absolute Gasteiger partial charge is 0.339 e. The average Bonchev–Trinajstić information content (AvgIpc) is 2.39. The van der Waals surface area contributed by atoms with Crippen LogP contribution < -0.4 is 10.6 Å². The van der Waals surface area contributed by atoms with Gasteiger partial charge in [-0.25, -0.2) is 9.59 Å². The molecular weight excluding hydrogens is 280 g/mol. The van der Waals surface area contributed by atoms with Gasteiger partial charge in [0.1, 0.15) is 11.3 Å². The summed E-state index contributed by atoms with van der Waals surface area (Å²) in [5, 5.41) is 23.8. The van der Waals surface area contributed by atoms with E-state index in [0.29, 0.717) is 5.69 Å². The fraction of sp³-hybridized carbons (Fsp3) is 0.385. The number of phenols is 1. The first-order valence-electron chi connectivity index (χ1n) is 6.28. The molecule has 0 bridgehead atoms. The van der Waals surface area contributed by atoms with Crippen molar-refractivity contribution in [2.45, 2.75) is 18.9 Å². The molecule has 0 aromatic heterocycles. The molecule has 0 radical (unpaired) electrons. The lowest BCUT2D eigenvalue weighted by Gasteiger charge is -2.22. The largest absolute Gasteiger partial charge is 0.507 e. The number of aromatic carboxylic acids is 1. The Kier molecular flexibility index (Phi) is 4.73. The van der Waals surface area contributed by atoms with Crippen LogP contribution in [0.25, 0.3) is 0 Å². The third-order valence-corrected chi connectivity index (χ3v) is 4.09. The van der Waals surface area contributed by atoms with Crippen molar-refractivity contribution in [1.82, 2.24) is 5.32 Å². The van der Waals surface area contributed by atoms with Crippen molar-refractivity contribution in [1.29, 1.82) is 0 Å². The summed E-state index contributed by atoms with van der Waals surface area (Å²) in [5.41, 5.74) is 0.162. The molecule has 7 heteroatoms. The minimum absolute atomic E-state index is 0.170. The van der Waals surface area contributed by atoms with E-state index in [0.717, 1.165) is 24.3 Å². The summed E-state index contributed by atoms with van der Waals surface area (Å²) in [6.07, 6.45) is 1.89. The van der Waals surface area contributed by atoms with Crippen LogP contribution in [0.2, 0.25) is 0 Å². The normalized spacial score (nSPS) is 15.6. The lowest BCUT2D eigenvalue weighted by molar-refractivity contribution is 0.0694. The number of urea groups is 1. The second-order valence-electron chi connectivity index (χ2n) is 4.52. The van der Waals surface area contributed by atoms with E-state index in [1.165, 1.54) is 18.2 Å². The SMILES string of the molecule is O=C(Nc1ccc(C(=O)O)c(O)c1)NC1CCSCC1. The van der Waals surface area contributed by atoms with E-state index in [1.807, 2.05) is 11.8 Å². The Bertz CT molecular complexity index is 515. The van der Waals surface area contributed by atoms with Crippen LogP contribution in [0.3, 0.4) is 0 Å². The molecule has 0 saturated carbocycles. The molecule has 1 heterocycles. The van der Waals surface area contributed by atoms with Gasteiger partial charge in [0.05, 0.1) is 0 Å². The van der Waals surface area contributed by atoms with Crippen molar-refractivity contribution < 1.29 is 19.8 Å². The summed E-state index contributed by atoms with van der Waals surface area (Å²) >= 11 is 1.88. The van der Waals surface area contributed by atoms with Gasteiger partial charge in [0, 0.05) is 17.8 Å². The van der Waals surface area contributed by atoms with Crippen molar-refractivity contribution >= 4 is 29.4 Å². The van der Waals surface area contributed by atoms with Gasteiger partial charge in [-0.15, -0.1) is 0 Å². The highest BCUT2D eigenvalue weighted by molar-refractivity contribution is 7.99. The zero-order valence-electron chi connectivity index (χ0n) is 10.8. The Labute approximate surface area is 120 Å². The number of aromatic hydroxyl groups is 1. The number of anilines is 1. The zero-order valence-corrected chi connectivity index (χ0v) is 11.6. The van der Waals surface area contributed by atoms with E-state index in [4.69, 9.17) is 5.11 Å². The van der Waals surface area contributed by atoms with E-state index in [1.54, 1.807) is 0 Å². The van der Waals surface area contributed by atoms with Crippen LogP contribution in [0.1, 0.15) is 23.2 Å². The number of rotatable bonds is 3. The van der Waals surface area contributed by atoms with Crippen molar-refractivity contribution in [2.75, 3.05) is 16.8 Å². The second-order valence-corrected chi connectivity index (χ2v) is 5.75. The van der Waals surface area contributed by atoms with Crippen molar-refractivity contribution in [3.63, 3.8) is 0 Å². The molecule has 2 rings (SSSR count). The molecule has 1 aliphatic heterocycles. The van der Waals surface area contributed by atoms with E-state index in [9.17, 15) is 14.7 Å². The van der Waals surface area contributed by atoms with Gasteiger partial charge >= 0.3 is 12.0 Å². The fourth-order valence-corrected chi connectivity index (χ4v) is 3.09. The van der Waals surface area contributed by atoms with Gasteiger partial charge < -0.3 is 20.8 Å². The Balaban J connectivity index is 1.93. The topological polar surface area (TPSA) is 98.7 Å². The molecule has 1 aromatic carbocycles. The summed E-state index contributed by atoms with van der Waals surface area (Å²) in [5.74, 6) is 0.500. The quantitative estimate of drug-likeness (QED) is 0.684. The molecule has 1 saturated heterocycles. The summed E-state index contributed by atoms with van der Waals surface area (Å²) in [6, 6.07) is 3.75. The molecule has 0 unspecified atom stereocenters. The molecule has 108 valence electrons. The highest BCUT2D eigenvalue weighted by Gasteiger charge is 2.16. The summed E-state index contributed by atoms with van der Waals surface area (Å²) < 4.78 is 0. The van der Waals surface area contributed by atoms with Gasteiger partial charge in [-0.1, -0.05) is 0 Å². The predicted molar refractivity (Wildman–Crippen MR) is 77.6 cm³/mol. The number of carbonyl (C=O) groups is 2. The highest BCUT2D eigenvalue weighted by atomic mass is 32.2. The monoisotopic (exact) mass is 296 g/mol. The number of nitrogens with one attached hydrogen (secondary N) is 2. The van der Waals surface area contributed by atoms with Crippen LogP contribution in [-0.4, -0.2) is 39.8 Å². The molecule has 0 atom stereocenters. The number of hydrogen-bond donors (Lipinski definition) is 4. The number of carbonyl (C=O) groups excluding carboxylic acids is 1. The molecule has 4 N–H and O–H groups in total. The van der Waals surface area contributed by atoms with Gasteiger partial charge in [-0.3, -0.25) is 0 Å². The van der Waals surface area contributed by atoms with Crippen molar-refractivity contribution in [2.24, 2.45) is 0 Å². The Hall–Kier alpha value is -1.89. The molecule has 1 aromatic rings. The van der Waals surface area contributed by atoms with Crippen molar-refractivity contribution in [3.05, 3.63) is 23.8 Å². The van der Waals surface area contributed by atoms with E-state index in [-0.39, 0.29) is 23.4 Å². The Morgan fingerprint density at radius 1 is 1.25 bits per heavy atom. The molecule has 6 nitrogen and oxygen atoms in total. The van der Waals surface area contributed by atoms with Gasteiger partial charge in [-0.2, -0.15) is 11.8 Å². The maximum absolute atomic E-state index is 11.8. The maximum Gasteiger partial charge on any atom is 0.339 e. The summed E-state index contributed by atoms with van der Waals surface area (Å²) in [4.78, 5) is 22.5. The average molecular weight is 296 g/mol. The first-order valence-corrected chi connectivity index (χ1v) is 7.43. The van der Waals surface area contributed by atoms with Gasteiger partial charge in [0.25, 0.3) is 0 Å². The lowest BCUT2D eigenvalue weighted by Crippen LogP contribution is -2.39. The first kappa shape index (κ1) is 14.5. The van der Waals surface area contributed by atoms with E-state index in [2.05, 4.69) is 10.6 Å². The number of thioether (sulfide) groups is 1. The molecule has 0 aliphatic carbocycles. The van der Waals surface area contributed by atoms with Crippen LogP contribution >= 0.6 is 11.8 Å². The standard InChI is InChI=1S/C13H16N2O4S/c16-11-7-9(1-2-10(11)12(17)18)15-13(19)14-8-3-5-20-6-4-8/h1-2,7-8,16H,3-6H2,(H,17,18)(H2,14,15,19). The number of hydrogen-bond acceptors (Lipinski definition) is 4.